The Kier molecular flexibility index (Phi) is 2.64. The normalized spacial score (nSPS) is 10.3. The van der Waals surface area contributed by atoms with Gasteiger partial charge in [-0.25, -0.2) is 4.98 Å². The van der Waals surface area contributed by atoms with E-state index in [-0.39, 0.29) is 0 Å². The molecule has 2 rings (SSSR count). The lowest BCUT2D eigenvalue weighted by atomic mass is 10.1. The Hall–Kier alpha value is -1.48. The Labute approximate surface area is 94.0 Å². The summed E-state index contributed by atoms with van der Waals surface area (Å²) in [6.07, 6.45) is 1.80. The third-order valence-electron chi connectivity index (χ3n) is 2.31. The van der Waals surface area contributed by atoms with Crippen LogP contribution in [0.1, 0.15) is 11.1 Å². The van der Waals surface area contributed by atoms with E-state index in [9.17, 15) is 0 Å². The smallest absolute Gasteiger partial charge is 0.197 e. The van der Waals surface area contributed by atoms with Gasteiger partial charge in [0, 0.05) is 6.20 Å². The second kappa shape index (κ2) is 3.95. The van der Waals surface area contributed by atoms with E-state index in [4.69, 9.17) is 12.2 Å². The van der Waals surface area contributed by atoms with Gasteiger partial charge in [0.2, 0.25) is 0 Å². The van der Waals surface area contributed by atoms with Crippen LogP contribution in [0.2, 0.25) is 0 Å². The van der Waals surface area contributed by atoms with Gasteiger partial charge in [-0.3, -0.25) is 0 Å². The minimum atomic E-state index is 0.525. The van der Waals surface area contributed by atoms with Crippen molar-refractivity contribution >= 4 is 12.2 Å². The van der Waals surface area contributed by atoms with Gasteiger partial charge in [0.1, 0.15) is 0 Å². The lowest BCUT2D eigenvalue weighted by molar-refractivity contribution is 1.11. The van der Waals surface area contributed by atoms with E-state index in [0.29, 0.717) is 4.77 Å². The molecule has 1 aromatic carbocycles. The monoisotopic (exact) mass is 216 g/mol. The van der Waals surface area contributed by atoms with Crippen LogP contribution in [0.5, 0.6) is 0 Å². The second-order valence-electron chi connectivity index (χ2n) is 3.62. The SMILES string of the molecule is Cc1cccc(-c2[nH]c(=S)ncc2C)c1. The summed E-state index contributed by atoms with van der Waals surface area (Å²) in [4.78, 5) is 7.17. The van der Waals surface area contributed by atoms with E-state index in [1.807, 2.05) is 13.0 Å². The fraction of sp³-hybridized carbons (Fsp3) is 0.167. The van der Waals surface area contributed by atoms with E-state index in [0.717, 1.165) is 16.8 Å². The largest absolute Gasteiger partial charge is 0.330 e. The molecule has 3 heteroatoms. The molecule has 0 saturated carbocycles. The fourth-order valence-corrected chi connectivity index (χ4v) is 1.71. The molecule has 2 nitrogen and oxygen atoms in total. The quantitative estimate of drug-likeness (QED) is 0.740. The molecule has 15 heavy (non-hydrogen) atoms. The van der Waals surface area contributed by atoms with Gasteiger partial charge in [0.25, 0.3) is 0 Å². The highest BCUT2D eigenvalue weighted by atomic mass is 32.1. The van der Waals surface area contributed by atoms with Crippen molar-refractivity contribution in [3.63, 3.8) is 0 Å². The van der Waals surface area contributed by atoms with Crippen molar-refractivity contribution < 1.29 is 0 Å². The molecule has 0 bridgehead atoms. The van der Waals surface area contributed by atoms with Crippen LogP contribution in [0.4, 0.5) is 0 Å². The third kappa shape index (κ3) is 2.13. The third-order valence-corrected chi connectivity index (χ3v) is 2.52. The first-order valence-electron chi connectivity index (χ1n) is 4.80. The predicted octanol–water partition coefficient (Wildman–Crippen LogP) is 3.42. The van der Waals surface area contributed by atoms with Crippen LogP contribution in [0.25, 0.3) is 11.3 Å². The maximum atomic E-state index is 5.03. The van der Waals surface area contributed by atoms with Gasteiger partial charge in [-0.1, -0.05) is 23.8 Å². The van der Waals surface area contributed by atoms with Crippen molar-refractivity contribution in [1.29, 1.82) is 0 Å². The average Bonchev–Trinajstić information content (AvgIpc) is 2.22. The van der Waals surface area contributed by atoms with E-state index >= 15 is 0 Å². The van der Waals surface area contributed by atoms with Gasteiger partial charge in [-0.05, 0) is 43.3 Å². The number of rotatable bonds is 1. The minimum absolute atomic E-state index is 0.525. The molecule has 0 atom stereocenters. The second-order valence-corrected chi connectivity index (χ2v) is 4.00. The maximum absolute atomic E-state index is 5.03. The summed E-state index contributed by atoms with van der Waals surface area (Å²) in [5, 5.41) is 0. The maximum Gasteiger partial charge on any atom is 0.197 e. The Morgan fingerprint density at radius 3 is 2.80 bits per heavy atom. The number of nitrogens with one attached hydrogen (secondary N) is 1. The van der Waals surface area contributed by atoms with Crippen LogP contribution in [-0.4, -0.2) is 9.97 Å². The molecule has 0 saturated heterocycles. The lowest BCUT2D eigenvalue weighted by Crippen LogP contribution is -1.91. The minimum Gasteiger partial charge on any atom is -0.330 e. The molecular formula is C12H12N2S. The zero-order valence-corrected chi connectivity index (χ0v) is 9.56. The number of nitrogens with zero attached hydrogens (tertiary/aromatic N) is 1. The predicted molar refractivity (Wildman–Crippen MR) is 64.3 cm³/mol. The van der Waals surface area contributed by atoms with E-state index < -0.39 is 0 Å². The van der Waals surface area contributed by atoms with Gasteiger partial charge in [0.15, 0.2) is 4.77 Å². The molecule has 0 aliphatic rings. The van der Waals surface area contributed by atoms with Crippen LogP contribution in [0.15, 0.2) is 30.5 Å². The van der Waals surface area contributed by atoms with E-state index in [1.54, 1.807) is 6.20 Å². The first kappa shape index (κ1) is 10.1. The Morgan fingerprint density at radius 1 is 1.27 bits per heavy atom. The molecule has 2 aromatic rings. The van der Waals surface area contributed by atoms with Gasteiger partial charge >= 0.3 is 0 Å². The van der Waals surface area contributed by atoms with Gasteiger partial charge in [0.05, 0.1) is 5.69 Å². The molecule has 0 aliphatic heterocycles. The molecule has 0 fully saturated rings. The molecule has 0 spiro atoms. The summed E-state index contributed by atoms with van der Waals surface area (Å²) < 4.78 is 0.525. The Morgan fingerprint density at radius 2 is 2.07 bits per heavy atom. The zero-order valence-electron chi connectivity index (χ0n) is 8.74. The van der Waals surface area contributed by atoms with Crippen molar-refractivity contribution in [3.05, 3.63) is 46.4 Å². The summed E-state index contributed by atoms with van der Waals surface area (Å²) in [7, 11) is 0. The number of hydrogen-bond acceptors (Lipinski definition) is 2. The average molecular weight is 216 g/mol. The highest BCUT2D eigenvalue weighted by Gasteiger charge is 2.02. The number of hydrogen-bond donors (Lipinski definition) is 1. The molecule has 1 heterocycles. The lowest BCUT2D eigenvalue weighted by Gasteiger charge is -2.05. The molecule has 1 N–H and O–H groups in total. The first-order chi connectivity index (χ1) is 7.16. The fourth-order valence-electron chi connectivity index (χ4n) is 1.56. The summed E-state index contributed by atoms with van der Waals surface area (Å²) in [5.41, 5.74) is 4.55. The molecular weight excluding hydrogens is 204 g/mol. The number of H-pyrrole nitrogens is 1. The van der Waals surface area contributed by atoms with Crippen molar-refractivity contribution in [2.45, 2.75) is 13.8 Å². The van der Waals surface area contributed by atoms with Crippen LogP contribution in [0.3, 0.4) is 0 Å². The van der Waals surface area contributed by atoms with Gasteiger partial charge in [-0.2, -0.15) is 0 Å². The molecule has 1 aromatic heterocycles. The van der Waals surface area contributed by atoms with E-state index in [2.05, 4.69) is 35.1 Å². The van der Waals surface area contributed by atoms with E-state index in [1.165, 1.54) is 5.56 Å². The van der Waals surface area contributed by atoms with Gasteiger partial charge < -0.3 is 4.98 Å². The standard InChI is InChI=1S/C12H12N2S/c1-8-4-3-5-10(6-8)11-9(2)7-13-12(15)14-11/h3-7H,1-2H3,(H,13,14,15). The van der Waals surface area contributed by atoms with Crippen molar-refractivity contribution in [3.8, 4) is 11.3 Å². The van der Waals surface area contributed by atoms with Crippen LogP contribution >= 0.6 is 12.2 Å². The Balaban J connectivity index is 2.63. The molecule has 0 aliphatic carbocycles. The van der Waals surface area contributed by atoms with Crippen LogP contribution in [0, 0.1) is 18.6 Å². The topological polar surface area (TPSA) is 28.7 Å². The molecule has 0 unspecified atom stereocenters. The van der Waals surface area contributed by atoms with Crippen molar-refractivity contribution in [2.75, 3.05) is 0 Å². The molecule has 0 radical (unpaired) electrons. The van der Waals surface area contributed by atoms with Crippen molar-refractivity contribution in [2.24, 2.45) is 0 Å². The van der Waals surface area contributed by atoms with Crippen LogP contribution in [-0.2, 0) is 0 Å². The Bertz CT molecular complexity index is 543. The molecule has 0 amide bonds. The van der Waals surface area contributed by atoms with Crippen LogP contribution < -0.4 is 0 Å². The summed E-state index contributed by atoms with van der Waals surface area (Å²) >= 11 is 5.03. The van der Waals surface area contributed by atoms with Crippen molar-refractivity contribution in [1.82, 2.24) is 9.97 Å². The summed E-state index contributed by atoms with van der Waals surface area (Å²) in [5.74, 6) is 0. The first-order valence-corrected chi connectivity index (χ1v) is 5.20. The highest BCUT2D eigenvalue weighted by molar-refractivity contribution is 7.71. The summed E-state index contributed by atoms with van der Waals surface area (Å²) in [6.45, 7) is 4.10. The molecule has 76 valence electrons. The summed E-state index contributed by atoms with van der Waals surface area (Å²) in [6, 6.07) is 8.32. The van der Waals surface area contributed by atoms with Gasteiger partial charge in [-0.15, -0.1) is 0 Å². The highest BCUT2D eigenvalue weighted by Crippen LogP contribution is 2.20. The number of aromatic amines is 1. The number of aryl methyl sites for hydroxylation is 2. The number of benzene rings is 1. The number of aromatic nitrogens is 2. The zero-order chi connectivity index (χ0) is 10.8.